The highest BCUT2D eigenvalue weighted by Gasteiger charge is 2.38. The van der Waals surface area contributed by atoms with Crippen LogP contribution in [0.2, 0.25) is 0 Å². The molecule has 0 spiro atoms. The number of aliphatic hydroxyl groups is 1. The van der Waals surface area contributed by atoms with Gasteiger partial charge in [0.2, 0.25) is 5.91 Å². The summed E-state index contributed by atoms with van der Waals surface area (Å²) in [5.74, 6) is -0.679. The Kier molecular flexibility index (Phi) is 3.11. The third kappa shape index (κ3) is 3.17. The molecule has 2 N–H and O–H groups in total. The first kappa shape index (κ1) is 12.4. The molecule has 5 nitrogen and oxygen atoms in total. The van der Waals surface area contributed by atoms with Gasteiger partial charge in [0.25, 0.3) is 0 Å². The summed E-state index contributed by atoms with van der Waals surface area (Å²) in [6.45, 7) is 5.20. The van der Waals surface area contributed by atoms with Gasteiger partial charge in [0, 0.05) is 5.41 Å². The van der Waals surface area contributed by atoms with Crippen LogP contribution in [0.1, 0.15) is 20.8 Å². The number of aliphatic hydroxyl groups excluding tert-OH is 1. The Labute approximate surface area is 89.8 Å². The lowest BCUT2D eigenvalue weighted by molar-refractivity contribution is -0.129. The van der Waals surface area contributed by atoms with Crippen molar-refractivity contribution in [3.8, 4) is 0 Å². The Morgan fingerprint density at radius 1 is 1.33 bits per heavy atom. The van der Waals surface area contributed by atoms with Gasteiger partial charge in [-0.1, -0.05) is 20.8 Å². The fourth-order valence-electron chi connectivity index (χ4n) is 1.35. The van der Waals surface area contributed by atoms with Crippen molar-refractivity contribution in [2.75, 3.05) is 11.5 Å². The van der Waals surface area contributed by atoms with E-state index in [9.17, 15) is 18.3 Å². The van der Waals surface area contributed by atoms with E-state index in [2.05, 4.69) is 5.32 Å². The summed E-state index contributed by atoms with van der Waals surface area (Å²) < 4.78 is 22.3. The van der Waals surface area contributed by atoms with E-state index in [0.29, 0.717) is 0 Å². The van der Waals surface area contributed by atoms with E-state index < -0.39 is 27.4 Å². The summed E-state index contributed by atoms with van der Waals surface area (Å²) in [5, 5.41) is 12.0. The summed E-state index contributed by atoms with van der Waals surface area (Å²) in [6, 6.07) is -0.665. The van der Waals surface area contributed by atoms with Gasteiger partial charge in [-0.2, -0.15) is 0 Å². The molecule has 1 fully saturated rings. The largest absolute Gasteiger partial charge is 0.390 e. The lowest BCUT2D eigenvalue weighted by Gasteiger charge is -2.22. The second kappa shape index (κ2) is 3.75. The molecular formula is C9H17NO4S. The molecule has 1 amide bonds. The minimum atomic E-state index is -3.20. The highest BCUT2D eigenvalue weighted by atomic mass is 32.2. The van der Waals surface area contributed by atoms with Gasteiger partial charge >= 0.3 is 0 Å². The summed E-state index contributed by atoms with van der Waals surface area (Å²) in [5.41, 5.74) is -0.577. The first-order chi connectivity index (χ1) is 6.62. The van der Waals surface area contributed by atoms with Crippen molar-refractivity contribution in [3.63, 3.8) is 0 Å². The molecular weight excluding hydrogens is 218 g/mol. The number of sulfone groups is 1. The molecule has 2 atom stereocenters. The lowest BCUT2D eigenvalue weighted by atomic mass is 9.95. The Balaban J connectivity index is 2.66. The number of hydrogen-bond acceptors (Lipinski definition) is 4. The van der Waals surface area contributed by atoms with Gasteiger partial charge in [0.05, 0.1) is 23.7 Å². The molecule has 88 valence electrons. The minimum Gasteiger partial charge on any atom is -0.390 e. The molecule has 1 heterocycles. The normalized spacial score (nSPS) is 30.1. The molecule has 0 saturated carbocycles. The average Bonchev–Trinajstić information content (AvgIpc) is 2.22. The number of hydrogen-bond donors (Lipinski definition) is 2. The maximum absolute atomic E-state index is 11.6. The van der Waals surface area contributed by atoms with Crippen LogP contribution in [-0.2, 0) is 14.6 Å². The van der Waals surface area contributed by atoms with E-state index in [1.165, 1.54) is 0 Å². The smallest absolute Gasteiger partial charge is 0.225 e. The number of carbonyl (C=O) groups excluding carboxylic acids is 1. The molecule has 0 aromatic carbocycles. The molecule has 1 rings (SSSR count). The van der Waals surface area contributed by atoms with Gasteiger partial charge in [-0.3, -0.25) is 4.79 Å². The highest BCUT2D eigenvalue weighted by Crippen LogP contribution is 2.17. The van der Waals surface area contributed by atoms with Crippen molar-refractivity contribution in [1.82, 2.24) is 5.32 Å². The fourth-order valence-corrected chi connectivity index (χ4v) is 3.09. The minimum absolute atomic E-state index is 0.171. The first-order valence-electron chi connectivity index (χ1n) is 4.81. The van der Waals surface area contributed by atoms with E-state index in [1.54, 1.807) is 20.8 Å². The van der Waals surface area contributed by atoms with Crippen molar-refractivity contribution < 1.29 is 18.3 Å². The van der Waals surface area contributed by atoms with Gasteiger partial charge in [-0.25, -0.2) is 8.42 Å². The van der Waals surface area contributed by atoms with E-state index in [1.807, 2.05) is 0 Å². The van der Waals surface area contributed by atoms with Crippen molar-refractivity contribution in [3.05, 3.63) is 0 Å². The second-order valence-electron chi connectivity index (χ2n) is 4.97. The molecule has 0 aliphatic carbocycles. The van der Waals surface area contributed by atoms with E-state index in [-0.39, 0.29) is 17.4 Å². The quantitative estimate of drug-likeness (QED) is 0.630. The van der Waals surface area contributed by atoms with Crippen LogP contribution in [0.5, 0.6) is 0 Å². The number of nitrogens with one attached hydrogen (secondary N) is 1. The van der Waals surface area contributed by atoms with Crippen molar-refractivity contribution in [1.29, 1.82) is 0 Å². The van der Waals surface area contributed by atoms with Crippen LogP contribution in [0.4, 0.5) is 0 Å². The van der Waals surface area contributed by atoms with E-state index >= 15 is 0 Å². The zero-order chi connectivity index (χ0) is 11.9. The summed E-state index contributed by atoms with van der Waals surface area (Å²) >= 11 is 0. The molecule has 0 unspecified atom stereocenters. The van der Waals surface area contributed by atoms with Crippen LogP contribution in [0.25, 0.3) is 0 Å². The van der Waals surface area contributed by atoms with Crippen LogP contribution in [0.3, 0.4) is 0 Å². The zero-order valence-corrected chi connectivity index (χ0v) is 9.97. The molecule has 0 aromatic heterocycles. The van der Waals surface area contributed by atoms with Crippen molar-refractivity contribution in [2.24, 2.45) is 5.41 Å². The number of amides is 1. The van der Waals surface area contributed by atoms with Crippen molar-refractivity contribution >= 4 is 15.7 Å². The Morgan fingerprint density at radius 2 is 1.87 bits per heavy atom. The molecule has 1 aliphatic heterocycles. The van der Waals surface area contributed by atoms with Gasteiger partial charge < -0.3 is 10.4 Å². The third-order valence-corrected chi connectivity index (χ3v) is 4.04. The molecule has 0 bridgehead atoms. The maximum Gasteiger partial charge on any atom is 0.225 e. The predicted molar refractivity (Wildman–Crippen MR) is 56.0 cm³/mol. The molecule has 1 saturated heterocycles. The number of carbonyl (C=O) groups is 1. The monoisotopic (exact) mass is 235 g/mol. The van der Waals surface area contributed by atoms with Crippen molar-refractivity contribution in [2.45, 2.75) is 32.9 Å². The van der Waals surface area contributed by atoms with Gasteiger partial charge in [0.1, 0.15) is 0 Å². The average molecular weight is 235 g/mol. The fraction of sp³-hybridized carbons (Fsp3) is 0.889. The molecule has 1 aliphatic rings. The van der Waals surface area contributed by atoms with Crippen LogP contribution >= 0.6 is 0 Å². The third-order valence-electron chi connectivity index (χ3n) is 2.32. The predicted octanol–water partition coefficient (Wildman–Crippen LogP) is -0.693. The lowest BCUT2D eigenvalue weighted by Crippen LogP contribution is -2.47. The van der Waals surface area contributed by atoms with E-state index in [0.717, 1.165) is 0 Å². The van der Waals surface area contributed by atoms with E-state index in [4.69, 9.17) is 0 Å². The Bertz CT molecular complexity index is 355. The summed E-state index contributed by atoms with van der Waals surface area (Å²) in [7, 11) is -3.20. The molecule has 0 radical (unpaired) electrons. The zero-order valence-electron chi connectivity index (χ0n) is 9.15. The molecule has 0 aromatic rings. The second-order valence-corrected chi connectivity index (χ2v) is 7.13. The SMILES string of the molecule is CC(C)(C)C(=O)N[C@@H]1CS(=O)(=O)C[C@@H]1O. The summed E-state index contributed by atoms with van der Waals surface area (Å²) in [6.07, 6.45) is -0.985. The van der Waals surface area contributed by atoms with Gasteiger partial charge in [-0.05, 0) is 0 Å². The number of rotatable bonds is 1. The summed E-state index contributed by atoms with van der Waals surface area (Å²) in [4.78, 5) is 11.6. The van der Waals surface area contributed by atoms with Crippen LogP contribution in [0.15, 0.2) is 0 Å². The topological polar surface area (TPSA) is 83.5 Å². The Morgan fingerprint density at radius 3 is 2.20 bits per heavy atom. The molecule has 15 heavy (non-hydrogen) atoms. The highest BCUT2D eigenvalue weighted by molar-refractivity contribution is 7.91. The van der Waals surface area contributed by atoms with Gasteiger partial charge in [0.15, 0.2) is 9.84 Å². The Hall–Kier alpha value is -0.620. The van der Waals surface area contributed by atoms with Crippen LogP contribution < -0.4 is 5.32 Å². The maximum atomic E-state index is 11.6. The van der Waals surface area contributed by atoms with Crippen LogP contribution in [-0.4, -0.2) is 43.1 Å². The standard InChI is InChI=1S/C9H17NO4S/c1-9(2,3)8(12)10-6-4-15(13,14)5-7(6)11/h6-7,11H,4-5H2,1-3H3,(H,10,12)/t6-,7+/m1/s1. The first-order valence-corrected chi connectivity index (χ1v) is 6.63. The van der Waals surface area contributed by atoms with Gasteiger partial charge in [-0.15, -0.1) is 0 Å². The van der Waals surface area contributed by atoms with Crippen LogP contribution in [0, 0.1) is 5.41 Å². The molecule has 6 heteroatoms.